The lowest BCUT2D eigenvalue weighted by Gasteiger charge is -2.17. The van der Waals surface area contributed by atoms with Gasteiger partial charge in [0.25, 0.3) is 0 Å². The van der Waals surface area contributed by atoms with Gasteiger partial charge in [0.1, 0.15) is 0 Å². The van der Waals surface area contributed by atoms with Crippen molar-refractivity contribution < 1.29 is 0 Å². The van der Waals surface area contributed by atoms with E-state index in [0.29, 0.717) is 17.5 Å². The first-order valence-corrected chi connectivity index (χ1v) is 27.5. The Labute approximate surface area is 467 Å². The summed E-state index contributed by atoms with van der Waals surface area (Å²) in [7, 11) is 0. The van der Waals surface area contributed by atoms with Gasteiger partial charge in [0, 0.05) is 65.9 Å². The molecule has 0 N–H and O–H groups in total. The number of hydrogen-bond acceptors (Lipinski definition) is 3. The third-order valence-electron chi connectivity index (χ3n) is 16.1. The SMILES string of the molecule is c1ccc(-c2nc(-c3ccccc3)nc(-c3cccc(-c4ccc(-c5ccc(-n6c7ccccc7c7cc(-c8ccc9c(c8)c8ccccc8n9-c8ccccc8)ccc76)cc5)c(-n5c6ccccc6c6ccccc65)c4)c3)n2)cc1. The molecule has 4 heterocycles. The van der Waals surface area contributed by atoms with Crippen molar-refractivity contribution in [1.82, 2.24) is 28.7 Å². The highest BCUT2D eigenvalue weighted by Crippen LogP contribution is 2.42. The van der Waals surface area contributed by atoms with Crippen molar-refractivity contribution in [3.8, 4) is 84.6 Å². The summed E-state index contributed by atoms with van der Waals surface area (Å²) < 4.78 is 7.23. The first-order chi connectivity index (χ1) is 40.2. The number of rotatable bonds is 9. The lowest BCUT2D eigenvalue weighted by molar-refractivity contribution is 1.07. The Morgan fingerprint density at radius 2 is 0.543 bits per heavy atom. The molecule has 0 radical (unpaired) electrons. The molecule has 0 aliphatic rings. The molecule has 378 valence electrons. The Morgan fingerprint density at radius 3 is 1.06 bits per heavy atom. The molecule has 0 aliphatic heterocycles. The summed E-state index contributed by atoms with van der Waals surface area (Å²) in [6.07, 6.45) is 0. The lowest BCUT2D eigenvalue weighted by Crippen LogP contribution is -2.00. The predicted molar refractivity (Wildman–Crippen MR) is 335 cm³/mol. The van der Waals surface area contributed by atoms with Crippen molar-refractivity contribution >= 4 is 65.4 Å². The van der Waals surface area contributed by atoms with E-state index in [1.54, 1.807) is 0 Å². The highest BCUT2D eigenvalue weighted by atomic mass is 15.0. The van der Waals surface area contributed by atoms with E-state index in [9.17, 15) is 0 Å². The molecule has 12 aromatic carbocycles. The van der Waals surface area contributed by atoms with Crippen molar-refractivity contribution in [2.75, 3.05) is 0 Å². The molecule has 81 heavy (non-hydrogen) atoms. The van der Waals surface area contributed by atoms with Crippen molar-refractivity contribution in [3.63, 3.8) is 0 Å². The molecule has 6 nitrogen and oxygen atoms in total. The van der Waals surface area contributed by atoms with Crippen LogP contribution >= 0.6 is 0 Å². The summed E-state index contributed by atoms with van der Waals surface area (Å²) in [5, 5.41) is 7.35. The van der Waals surface area contributed by atoms with Gasteiger partial charge in [-0.05, 0) is 113 Å². The Hall–Kier alpha value is -11.0. The van der Waals surface area contributed by atoms with Crippen molar-refractivity contribution in [3.05, 3.63) is 291 Å². The van der Waals surface area contributed by atoms with Crippen molar-refractivity contribution in [1.29, 1.82) is 0 Å². The van der Waals surface area contributed by atoms with Crippen LogP contribution in [0.1, 0.15) is 0 Å². The van der Waals surface area contributed by atoms with Gasteiger partial charge >= 0.3 is 0 Å². The molecule has 0 atom stereocenters. The minimum Gasteiger partial charge on any atom is -0.309 e. The zero-order valence-electron chi connectivity index (χ0n) is 43.9. The molecular formula is C75H48N6. The minimum absolute atomic E-state index is 0.620. The van der Waals surface area contributed by atoms with Crippen molar-refractivity contribution in [2.45, 2.75) is 0 Å². The normalized spacial score (nSPS) is 11.7. The zero-order chi connectivity index (χ0) is 53.4. The fraction of sp³-hybridized carbons (Fsp3) is 0. The van der Waals surface area contributed by atoms with Crippen LogP contribution in [0.3, 0.4) is 0 Å². The number of fused-ring (bicyclic) bond motifs is 9. The van der Waals surface area contributed by atoms with E-state index in [-0.39, 0.29) is 0 Å². The van der Waals surface area contributed by atoms with Gasteiger partial charge in [-0.2, -0.15) is 0 Å². The summed E-state index contributed by atoms with van der Waals surface area (Å²) in [5.74, 6) is 1.89. The van der Waals surface area contributed by atoms with Crippen LogP contribution in [0.5, 0.6) is 0 Å². The average molecular weight is 1030 g/mol. The van der Waals surface area contributed by atoms with E-state index in [1.807, 2.05) is 60.7 Å². The van der Waals surface area contributed by atoms with Crippen LogP contribution in [-0.2, 0) is 0 Å². The van der Waals surface area contributed by atoms with Gasteiger partial charge in [-0.15, -0.1) is 0 Å². The predicted octanol–water partition coefficient (Wildman–Crippen LogP) is 19.2. The van der Waals surface area contributed by atoms with E-state index in [4.69, 9.17) is 15.0 Å². The van der Waals surface area contributed by atoms with Gasteiger partial charge in [-0.1, -0.05) is 206 Å². The number of aromatic nitrogens is 6. The number of nitrogens with zero attached hydrogens (tertiary/aromatic N) is 6. The molecule has 0 unspecified atom stereocenters. The smallest absolute Gasteiger partial charge is 0.164 e. The van der Waals surface area contributed by atoms with Crippen LogP contribution in [0.15, 0.2) is 291 Å². The molecule has 4 aromatic heterocycles. The quantitative estimate of drug-likeness (QED) is 0.145. The summed E-state index contributed by atoms with van der Waals surface area (Å²) in [6, 6.07) is 104. The zero-order valence-corrected chi connectivity index (χ0v) is 43.9. The van der Waals surface area contributed by atoms with Crippen LogP contribution in [0.25, 0.3) is 150 Å². The molecule has 0 bridgehead atoms. The average Bonchev–Trinajstić information content (AvgIpc) is 4.39. The maximum absolute atomic E-state index is 5.09. The van der Waals surface area contributed by atoms with E-state index in [2.05, 4.69) is 244 Å². The summed E-state index contributed by atoms with van der Waals surface area (Å²) >= 11 is 0. The standard InChI is InChI=1S/C75H48N6/c1-4-19-50(20-5-1)73-76-74(51-21-6-2-7-22-51)78-75(77-73)56-24-18-23-52(45-56)55-37-42-59(72(48-55)81-68-33-16-10-27-60(68)61-28-11-17-34-69(61)81)49-35-40-58(41-36-49)80-67-32-15-13-30-63(67)65-47-54(39-44-71(65)80)53-38-43-70-64(46-53)62-29-12-14-31-66(62)79(70)57-25-8-3-9-26-57/h1-48H. The Bertz CT molecular complexity index is 4980. The second-order valence-electron chi connectivity index (χ2n) is 20.8. The topological polar surface area (TPSA) is 53.5 Å². The van der Waals surface area contributed by atoms with E-state index < -0.39 is 0 Å². The van der Waals surface area contributed by atoms with Crippen LogP contribution < -0.4 is 0 Å². The van der Waals surface area contributed by atoms with Crippen LogP contribution in [0.4, 0.5) is 0 Å². The fourth-order valence-electron chi connectivity index (χ4n) is 12.3. The maximum Gasteiger partial charge on any atom is 0.164 e. The molecule has 0 amide bonds. The molecule has 0 spiro atoms. The van der Waals surface area contributed by atoms with Gasteiger partial charge < -0.3 is 13.7 Å². The monoisotopic (exact) mass is 1030 g/mol. The number of benzene rings is 12. The summed E-state index contributed by atoms with van der Waals surface area (Å²) in [6.45, 7) is 0. The van der Waals surface area contributed by atoms with Crippen LogP contribution in [-0.4, -0.2) is 28.7 Å². The van der Waals surface area contributed by atoms with Gasteiger partial charge in [0.05, 0.1) is 38.8 Å². The van der Waals surface area contributed by atoms with E-state index in [1.165, 1.54) is 60.0 Å². The van der Waals surface area contributed by atoms with Crippen LogP contribution in [0, 0.1) is 0 Å². The second kappa shape index (κ2) is 18.9. The van der Waals surface area contributed by atoms with E-state index in [0.717, 1.165) is 72.6 Å². The molecule has 16 aromatic rings. The second-order valence-corrected chi connectivity index (χ2v) is 20.8. The molecule has 16 rings (SSSR count). The first kappa shape index (κ1) is 46.2. The molecule has 0 fully saturated rings. The molecule has 6 heteroatoms. The fourth-order valence-corrected chi connectivity index (χ4v) is 12.3. The Morgan fingerprint density at radius 1 is 0.198 bits per heavy atom. The van der Waals surface area contributed by atoms with Gasteiger partial charge in [0.15, 0.2) is 17.5 Å². The highest BCUT2D eigenvalue weighted by molar-refractivity contribution is 6.13. The summed E-state index contributed by atoms with van der Waals surface area (Å²) in [5.41, 5.74) is 19.9. The molecule has 0 aliphatic carbocycles. The minimum atomic E-state index is 0.620. The number of hydrogen-bond donors (Lipinski definition) is 0. The largest absolute Gasteiger partial charge is 0.309 e. The molecule has 0 saturated carbocycles. The van der Waals surface area contributed by atoms with E-state index >= 15 is 0 Å². The lowest BCUT2D eigenvalue weighted by atomic mass is 9.96. The third-order valence-corrected chi connectivity index (χ3v) is 16.1. The first-order valence-electron chi connectivity index (χ1n) is 27.5. The Balaban J connectivity index is 0.807. The maximum atomic E-state index is 5.09. The molecular weight excluding hydrogens is 985 g/mol. The van der Waals surface area contributed by atoms with Crippen LogP contribution in [0.2, 0.25) is 0 Å². The highest BCUT2D eigenvalue weighted by Gasteiger charge is 2.21. The third kappa shape index (κ3) is 7.76. The van der Waals surface area contributed by atoms with Crippen molar-refractivity contribution in [2.24, 2.45) is 0 Å². The molecule has 0 saturated heterocycles. The van der Waals surface area contributed by atoms with Gasteiger partial charge in [0.2, 0.25) is 0 Å². The van der Waals surface area contributed by atoms with Gasteiger partial charge in [-0.25, -0.2) is 15.0 Å². The van der Waals surface area contributed by atoms with Gasteiger partial charge in [-0.3, -0.25) is 0 Å². The number of para-hydroxylation sites is 5. The Kier molecular flexibility index (Phi) is 10.8. The summed E-state index contributed by atoms with van der Waals surface area (Å²) in [4.78, 5) is 15.1.